The molecule has 1 rings (SSSR count). The molecule has 0 spiro atoms. The van der Waals surface area contributed by atoms with Gasteiger partial charge in [-0.15, -0.1) is 0 Å². The summed E-state index contributed by atoms with van der Waals surface area (Å²) in [6, 6.07) is 6.66. The van der Waals surface area contributed by atoms with E-state index >= 15 is 0 Å². The van der Waals surface area contributed by atoms with E-state index in [1.807, 2.05) is 7.05 Å². The van der Waals surface area contributed by atoms with Crippen molar-refractivity contribution in [1.29, 1.82) is 0 Å². The van der Waals surface area contributed by atoms with Gasteiger partial charge in [-0.05, 0) is 37.4 Å². The number of nitrogens with one attached hydrogen (secondary N) is 1. The van der Waals surface area contributed by atoms with Crippen LogP contribution in [0.3, 0.4) is 0 Å². The number of hydrogen-bond acceptors (Lipinski definition) is 3. The number of sulfone groups is 1. The van der Waals surface area contributed by atoms with E-state index in [0.717, 1.165) is 0 Å². The fourth-order valence-electron chi connectivity index (χ4n) is 2.01. The van der Waals surface area contributed by atoms with Crippen LogP contribution in [0, 0.1) is 5.82 Å². The fourth-order valence-corrected chi connectivity index (χ4v) is 2.70. The first-order chi connectivity index (χ1) is 8.44. The van der Waals surface area contributed by atoms with Crippen molar-refractivity contribution < 1.29 is 12.8 Å². The monoisotopic (exact) mass is 273 g/mol. The Morgan fingerprint density at radius 3 is 2.56 bits per heavy atom. The Morgan fingerprint density at radius 1 is 1.33 bits per heavy atom. The van der Waals surface area contributed by atoms with Crippen LogP contribution in [0.15, 0.2) is 24.3 Å². The minimum Gasteiger partial charge on any atom is -0.319 e. The lowest BCUT2D eigenvalue weighted by atomic mass is 9.94. The van der Waals surface area contributed by atoms with E-state index in [4.69, 9.17) is 0 Å². The van der Waals surface area contributed by atoms with E-state index in [1.54, 1.807) is 18.2 Å². The molecule has 102 valence electrons. The lowest BCUT2D eigenvalue weighted by Crippen LogP contribution is -2.19. The Hall–Kier alpha value is -0.940. The molecular formula is C13H20FNO2S. The third-order valence-electron chi connectivity index (χ3n) is 2.86. The Morgan fingerprint density at radius 2 is 2.00 bits per heavy atom. The van der Waals surface area contributed by atoms with Gasteiger partial charge in [0.1, 0.15) is 15.7 Å². The van der Waals surface area contributed by atoms with Crippen molar-refractivity contribution in [2.24, 2.45) is 0 Å². The van der Waals surface area contributed by atoms with Crippen LogP contribution >= 0.6 is 0 Å². The summed E-state index contributed by atoms with van der Waals surface area (Å²) in [5, 5.41) is 3.03. The first-order valence-corrected chi connectivity index (χ1v) is 8.07. The number of benzene rings is 1. The van der Waals surface area contributed by atoms with E-state index in [9.17, 15) is 12.8 Å². The van der Waals surface area contributed by atoms with Crippen LogP contribution in [-0.4, -0.2) is 34.0 Å². The average molecular weight is 273 g/mol. The molecule has 0 saturated carbocycles. The quantitative estimate of drug-likeness (QED) is 0.826. The van der Waals surface area contributed by atoms with Crippen molar-refractivity contribution in [3.63, 3.8) is 0 Å². The topological polar surface area (TPSA) is 46.2 Å². The first-order valence-electron chi connectivity index (χ1n) is 6.01. The molecule has 1 aromatic carbocycles. The normalized spacial score (nSPS) is 13.5. The molecule has 5 heteroatoms. The molecule has 0 amide bonds. The molecule has 0 bridgehead atoms. The van der Waals surface area contributed by atoms with Crippen LogP contribution in [0.5, 0.6) is 0 Å². The number of likely N-dealkylation sites (N-methyl/N-ethyl adjacent to an activating group) is 1. The maximum atomic E-state index is 13.7. The summed E-state index contributed by atoms with van der Waals surface area (Å²) >= 11 is 0. The third-order valence-corrected chi connectivity index (χ3v) is 3.89. The zero-order chi connectivity index (χ0) is 13.6. The third kappa shape index (κ3) is 5.14. The second kappa shape index (κ2) is 6.85. The molecule has 0 radical (unpaired) electrons. The zero-order valence-corrected chi connectivity index (χ0v) is 11.6. The molecule has 0 aliphatic rings. The molecule has 0 aliphatic carbocycles. The maximum Gasteiger partial charge on any atom is 0.147 e. The van der Waals surface area contributed by atoms with Crippen LogP contribution in [0.4, 0.5) is 4.39 Å². The van der Waals surface area contributed by atoms with Crippen LogP contribution in [0.25, 0.3) is 0 Å². The van der Waals surface area contributed by atoms with Gasteiger partial charge in [0.05, 0.1) is 0 Å². The summed E-state index contributed by atoms with van der Waals surface area (Å²) in [6.07, 6.45) is 2.44. The van der Waals surface area contributed by atoms with Crippen molar-refractivity contribution in [3.8, 4) is 0 Å². The molecular weight excluding hydrogens is 253 g/mol. The fraction of sp³-hybridized carbons (Fsp3) is 0.538. The standard InChI is InChI=1S/C13H20FNO2S/c1-15-10-11(6-5-9-18(2,16)17)12-7-3-4-8-13(12)14/h3-4,7-8,11,15H,5-6,9-10H2,1-2H3. The largest absolute Gasteiger partial charge is 0.319 e. The van der Waals surface area contributed by atoms with Gasteiger partial charge in [0.2, 0.25) is 0 Å². The van der Waals surface area contributed by atoms with E-state index in [2.05, 4.69) is 5.32 Å². The van der Waals surface area contributed by atoms with Crippen molar-refractivity contribution in [3.05, 3.63) is 35.6 Å². The van der Waals surface area contributed by atoms with Gasteiger partial charge in [-0.2, -0.15) is 0 Å². The highest BCUT2D eigenvalue weighted by Gasteiger charge is 2.15. The molecule has 0 aliphatic heterocycles. The highest BCUT2D eigenvalue weighted by Crippen LogP contribution is 2.23. The smallest absolute Gasteiger partial charge is 0.147 e. The lowest BCUT2D eigenvalue weighted by Gasteiger charge is -2.17. The Labute approximate surface area is 108 Å². The van der Waals surface area contributed by atoms with Crippen molar-refractivity contribution in [2.75, 3.05) is 25.6 Å². The summed E-state index contributed by atoms with van der Waals surface area (Å²) in [4.78, 5) is 0. The van der Waals surface area contributed by atoms with E-state index in [1.165, 1.54) is 12.3 Å². The van der Waals surface area contributed by atoms with Gasteiger partial charge < -0.3 is 5.32 Å². The number of hydrogen-bond donors (Lipinski definition) is 1. The summed E-state index contributed by atoms with van der Waals surface area (Å²) < 4.78 is 35.8. The van der Waals surface area contributed by atoms with Gasteiger partial charge >= 0.3 is 0 Å². The number of halogens is 1. The number of rotatable bonds is 7. The van der Waals surface area contributed by atoms with Gasteiger partial charge in [-0.1, -0.05) is 18.2 Å². The molecule has 1 unspecified atom stereocenters. The van der Waals surface area contributed by atoms with Gasteiger partial charge in [0, 0.05) is 18.6 Å². The van der Waals surface area contributed by atoms with Crippen LogP contribution in [-0.2, 0) is 9.84 Å². The van der Waals surface area contributed by atoms with Crippen molar-refractivity contribution in [1.82, 2.24) is 5.32 Å². The van der Waals surface area contributed by atoms with E-state index < -0.39 is 9.84 Å². The van der Waals surface area contributed by atoms with Crippen molar-refractivity contribution in [2.45, 2.75) is 18.8 Å². The SMILES string of the molecule is CNCC(CCCS(C)(=O)=O)c1ccccc1F. The molecule has 1 atom stereocenters. The molecule has 0 fully saturated rings. The first kappa shape index (κ1) is 15.1. The molecule has 1 N–H and O–H groups in total. The van der Waals surface area contributed by atoms with Gasteiger partial charge in [-0.3, -0.25) is 0 Å². The summed E-state index contributed by atoms with van der Waals surface area (Å²) in [7, 11) is -1.13. The second-order valence-electron chi connectivity index (χ2n) is 4.55. The summed E-state index contributed by atoms with van der Waals surface area (Å²) in [5.74, 6) is -0.0585. The second-order valence-corrected chi connectivity index (χ2v) is 6.81. The molecule has 0 heterocycles. The van der Waals surface area contributed by atoms with Gasteiger partial charge in [0.15, 0.2) is 0 Å². The van der Waals surface area contributed by atoms with Crippen LogP contribution in [0.2, 0.25) is 0 Å². The Balaban J connectivity index is 2.69. The van der Waals surface area contributed by atoms with Crippen LogP contribution in [0.1, 0.15) is 24.3 Å². The maximum absolute atomic E-state index is 13.7. The van der Waals surface area contributed by atoms with Crippen LogP contribution < -0.4 is 5.32 Å². The van der Waals surface area contributed by atoms with Crippen molar-refractivity contribution >= 4 is 9.84 Å². The summed E-state index contributed by atoms with van der Waals surface area (Å²) in [5.41, 5.74) is 0.653. The minimum absolute atomic E-state index is 0.0120. The predicted octanol–water partition coefficient (Wildman–Crippen LogP) is 1.95. The Bertz CT molecular complexity index is 474. The van der Waals surface area contributed by atoms with Gasteiger partial charge in [-0.25, -0.2) is 12.8 Å². The van der Waals surface area contributed by atoms with Gasteiger partial charge in [0.25, 0.3) is 0 Å². The molecule has 18 heavy (non-hydrogen) atoms. The Kier molecular flexibility index (Phi) is 5.75. The molecule has 0 saturated heterocycles. The molecule has 1 aromatic rings. The lowest BCUT2D eigenvalue weighted by molar-refractivity contribution is 0.528. The predicted molar refractivity (Wildman–Crippen MR) is 72.0 cm³/mol. The minimum atomic E-state index is -2.94. The molecule has 3 nitrogen and oxygen atoms in total. The average Bonchev–Trinajstić information content (AvgIpc) is 2.27. The summed E-state index contributed by atoms with van der Waals surface area (Å²) in [6.45, 7) is 0.644. The van der Waals surface area contributed by atoms with E-state index in [-0.39, 0.29) is 17.5 Å². The highest BCUT2D eigenvalue weighted by molar-refractivity contribution is 7.90. The highest BCUT2D eigenvalue weighted by atomic mass is 32.2. The molecule has 0 aromatic heterocycles. The van der Waals surface area contributed by atoms with E-state index in [0.29, 0.717) is 24.9 Å². The zero-order valence-electron chi connectivity index (χ0n) is 10.8.